The predicted octanol–water partition coefficient (Wildman–Crippen LogP) is 2.74. The average molecular weight is 380 g/mol. The average Bonchev–Trinajstić information content (AvgIpc) is 3.35. The van der Waals surface area contributed by atoms with Gasteiger partial charge in [-0.3, -0.25) is 14.4 Å². The molecule has 146 valence electrons. The van der Waals surface area contributed by atoms with Crippen molar-refractivity contribution in [2.24, 2.45) is 0 Å². The van der Waals surface area contributed by atoms with Crippen LogP contribution in [0.2, 0.25) is 0 Å². The van der Waals surface area contributed by atoms with Crippen LogP contribution in [0, 0.1) is 0 Å². The Balaban J connectivity index is 0.000000180. The van der Waals surface area contributed by atoms with Crippen molar-refractivity contribution >= 4 is 17.9 Å². The van der Waals surface area contributed by atoms with Crippen molar-refractivity contribution in [3.8, 4) is 0 Å². The molecule has 0 amide bonds. The van der Waals surface area contributed by atoms with Crippen LogP contribution < -0.4 is 5.82 Å². The van der Waals surface area contributed by atoms with Gasteiger partial charge in [0.25, 0.3) is 0 Å². The van der Waals surface area contributed by atoms with Gasteiger partial charge in [-0.1, -0.05) is 6.58 Å². The van der Waals surface area contributed by atoms with E-state index in [1.165, 1.54) is 18.8 Å². The van der Waals surface area contributed by atoms with Crippen LogP contribution in [0.5, 0.6) is 0 Å². The third-order valence-corrected chi connectivity index (χ3v) is 2.89. The summed E-state index contributed by atoms with van der Waals surface area (Å²) in [6.45, 7) is 5.23. The number of rotatable bonds is 0. The summed E-state index contributed by atoms with van der Waals surface area (Å²) < 4.78 is 21.8. The van der Waals surface area contributed by atoms with E-state index in [0.29, 0.717) is 31.4 Å². The van der Waals surface area contributed by atoms with Crippen molar-refractivity contribution < 1.29 is 37.4 Å². The standard InChI is InChI=1S/3C5H6O2.C3H2O3/c2*1-4-2-3-5(6)7-4;6-5-3-1-2-4-7-5;4-3-5-1-2-6-3/h2H,3H2,1H3;1-3H2;2,4H,1,3H2;1-2H. The minimum atomic E-state index is -0.657. The predicted molar refractivity (Wildman–Crippen MR) is 90.6 cm³/mol. The van der Waals surface area contributed by atoms with Crippen LogP contribution in [0.25, 0.3) is 0 Å². The maximum Gasteiger partial charge on any atom is 0.518 e. The quantitative estimate of drug-likeness (QED) is 0.494. The molecule has 0 atom stereocenters. The maximum atomic E-state index is 10.2. The minimum Gasteiger partial charge on any atom is -0.435 e. The van der Waals surface area contributed by atoms with Crippen molar-refractivity contribution in [2.75, 3.05) is 0 Å². The van der Waals surface area contributed by atoms with Gasteiger partial charge < -0.3 is 23.0 Å². The minimum absolute atomic E-state index is 0.123. The SMILES string of the molecule is C=C1CCC(=O)O1.CC1=CCC(=O)O1.O=C1CCC=CO1.O=c1occo1. The van der Waals surface area contributed by atoms with E-state index in [1.807, 2.05) is 6.08 Å². The zero-order valence-corrected chi connectivity index (χ0v) is 14.8. The van der Waals surface area contributed by atoms with Crippen LogP contribution in [0.3, 0.4) is 0 Å². The zero-order chi connectivity index (χ0) is 20.1. The first-order valence-corrected chi connectivity index (χ1v) is 7.99. The number of carbonyl (C=O) groups is 3. The Morgan fingerprint density at radius 3 is 1.78 bits per heavy atom. The molecule has 9 nitrogen and oxygen atoms in total. The van der Waals surface area contributed by atoms with Gasteiger partial charge in [0.05, 0.1) is 19.1 Å². The van der Waals surface area contributed by atoms with Crippen molar-refractivity contribution in [3.05, 3.63) is 59.7 Å². The molecule has 9 heteroatoms. The van der Waals surface area contributed by atoms with Crippen LogP contribution in [0.4, 0.5) is 0 Å². The fourth-order valence-corrected chi connectivity index (χ4v) is 1.64. The zero-order valence-electron chi connectivity index (χ0n) is 14.8. The van der Waals surface area contributed by atoms with Gasteiger partial charge in [-0.05, 0) is 25.5 Å². The Labute approximate surface area is 154 Å². The summed E-state index contributed by atoms with van der Waals surface area (Å²) >= 11 is 0. The molecule has 1 aromatic rings. The lowest BCUT2D eigenvalue weighted by Gasteiger charge is -1.99. The van der Waals surface area contributed by atoms with Gasteiger partial charge in [0, 0.05) is 12.8 Å². The van der Waals surface area contributed by atoms with Crippen molar-refractivity contribution in [1.82, 2.24) is 0 Å². The number of cyclic esters (lactones) is 3. The summed E-state index contributed by atoms with van der Waals surface area (Å²) in [5, 5.41) is 0. The number of hydrogen-bond acceptors (Lipinski definition) is 9. The molecule has 0 unspecified atom stereocenters. The van der Waals surface area contributed by atoms with E-state index in [9.17, 15) is 19.2 Å². The molecule has 4 heterocycles. The second-order valence-electron chi connectivity index (χ2n) is 5.16. The molecule has 0 bridgehead atoms. The molecule has 3 aliphatic heterocycles. The Morgan fingerprint density at radius 1 is 0.889 bits per heavy atom. The molecule has 1 saturated heterocycles. The van der Waals surface area contributed by atoms with Gasteiger partial charge >= 0.3 is 23.7 Å². The van der Waals surface area contributed by atoms with Crippen LogP contribution in [0.1, 0.15) is 39.0 Å². The molecule has 1 aromatic heterocycles. The first-order valence-electron chi connectivity index (χ1n) is 7.99. The maximum absolute atomic E-state index is 10.2. The number of esters is 3. The third-order valence-electron chi connectivity index (χ3n) is 2.89. The Hall–Kier alpha value is -3.36. The highest BCUT2D eigenvalue weighted by Gasteiger charge is 2.13. The van der Waals surface area contributed by atoms with Crippen LogP contribution in [-0.2, 0) is 28.6 Å². The van der Waals surface area contributed by atoms with Gasteiger partial charge in [-0.2, -0.15) is 0 Å². The Morgan fingerprint density at radius 2 is 1.59 bits per heavy atom. The molecular weight excluding hydrogens is 360 g/mol. The first kappa shape index (κ1) is 21.7. The van der Waals surface area contributed by atoms with E-state index in [2.05, 4.69) is 29.6 Å². The topological polar surface area (TPSA) is 122 Å². The van der Waals surface area contributed by atoms with Gasteiger partial charge in [0.15, 0.2) is 0 Å². The van der Waals surface area contributed by atoms with Gasteiger partial charge in [-0.25, -0.2) is 4.79 Å². The molecule has 0 radical (unpaired) electrons. The lowest BCUT2D eigenvalue weighted by molar-refractivity contribution is -0.139. The number of hydrogen-bond donors (Lipinski definition) is 0. The number of carbonyl (C=O) groups excluding carboxylic acids is 3. The molecule has 1 fully saturated rings. The van der Waals surface area contributed by atoms with Crippen LogP contribution in [-0.4, -0.2) is 17.9 Å². The summed E-state index contributed by atoms with van der Waals surface area (Å²) in [4.78, 5) is 40.3. The number of allylic oxidation sites excluding steroid dienone is 3. The summed E-state index contributed by atoms with van der Waals surface area (Å²) in [6, 6.07) is 0. The lowest BCUT2D eigenvalue weighted by Crippen LogP contribution is -2.01. The summed E-state index contributed by atoms with van der Waals surface area (Å²) in [5.41, 5.74) is 0. The van der Waals surface area contributed by atoms with E-state index in [1.54, 1.807) is 13.0 Å². The monoisotopic (exact) mass is 380 g/mol. The van der Waals surface area contributed by atoms with Gasteiger partial charge in [0.2, 0.25) is 0 Å². The molecular formula is C18H20O9. The number of ether oxygens (including phenoxy) is 3. The Bertz CT molecular complexity index is 725. The summed E-state index contributed by atoms with van der Waals surface area (Å²) in [7, 11) is 0. The van der Waals surface area contributed by atoms with Gasteiger partial charge in [-0.15, -0.1) is 0 Å². The highest BCUT2D eigenvalue weighted by molar-refractivity contribution is 5.74. The van der Waals surface area contributed by atoms with E-state index in [4.69, 9.17) is 0 Å². The third kappa shape index (κ3) is 11.0. The largest absolute Gasteiger partial charge is 0.518 e. The van der Waals surface area contributed by atoms with Crippen molar-refractivity contribution in [2.45, 2.75) is 39.0 Å². The van der Waals surface area contributed by atoms with Crippen LogP contribution >= 0.6 is 0 Å². The fraction of sp³-hybridized carbons (Fsp3) is 0.333. The Kier molecular flexibility index (Phi) is 9.69. The highest BCUT2D eigenvalue weighted by atomic mass is 16.6. The molecule has 0 spiro atoms. The first-order chi connectivity index (χ1) is 12.9. The fourth-order valence-electron chi connectivity index (χ4n) is 1.64. The van der Waals surface area contributed by atoms with E-state index >= 15 is 0 Å². The molecule has 0 saturated carbocycles. The molecule has 27 heavy (non-hydrogen) atoms. The molecule has 0 aromatic carbocycles. The van der Waals surface area contributed by atoms with Crippen LogP contribution in [0.15, 0.2) is 62.7 Å². The molecule has 3 aliphatic rings. The van der Waals surface area contributed by atoms with Gasteiger partial charge in [0.1, 0.15) is 24.0 Å². The second kappa shape index (κ2) is 12.1. The van der Waals surface area contributed by atoms with Crippen molar-refractivity contribution in [1.29, 1.82) is 0 Å². The normalized spacial score (nSPS) is 17.0. The smallest absolute Gasteiger partial charge is 0.435 e. The molecule has 0 aliphatic carbocycles. The van der Waals surface area contributed by atoms with Crippen molar-refractivity contribution in [3.63, 3.8) is 0 Å². The van der Waals surface area contributed by atoms with E-state index < -0.39 is 5.82 Å². The van der Waals surface area contributed by atoms with E-state index in [-0.39, 0.29) is 17.9 Å². The summed E-state index contributed by atoms with van der Waals surface area (Å²) in [5.74, 6) is 0.259. The highest BCUT2D eigenvalue weighted by Crippen LogP contribution is 2.13. The van der Waals surface area contributed by atoms with E-state index in [0.717, 1.165) is 12.2 Å². The lowest BCUT2D eigenvalue weighted by atomic mass is 10.3. The second-order valence-corrected chi connectivity index (χ2v) is 5.16. The molecule has 0 N–H and O–H groups in total. The summed E-state index contributed by atoms with van der Waals surface area (Å²) in [6.07, 6.45) is 10.4. The molecule has 4 rings (SSSR count).